The van der Waals surface area contributed by atoms with E-state index in [9.17, 15) is 0 Å². The number of H-pyrrole nitrogens is 1. The second-order valence-corrected chi connectivity index (χ2v) is 1.48. The fourth-order valence-corrected chi connectivity index (χ4v) is 0.459. The molecule has 11 heavy (non-hydrogen) atoms. The Hall–Kier alpha value is -2.10. The summed E-state index contributed by atoms with van der Waals surface area (Å²) in [5, 5.41) is 6.25. The molecule has 0 fully saturated rings. The van der Waals surface area contributed by atoms with Crippen molar-refractivity contribution in [1.29, 1.82) is 5.26 Å². The van der Waals surface area contributed by atoms with Crippen molar-refractivity contribution in [1.82, 2.24) is 9.97 Å². The lowest BCUT2D eigenvalue weighted by Crippen LogP contribution is -2.20. The van der Waals surface area contributed by atoms with Gasteiger partial charge in [0.25, 0.3) is 0 Å². The average molecular weight is 153 g/mol. The zero-order valence-electron chi connectivity index (χ0n) is 5.57. The first-order valence-electron chi connectivity index (χ1n) is 2.48. The number of nitrogens with zero attached hydrogens (tertiary/aromatic N) is 3. The van der Waals surface area contributed by atoms with Crippen LogP contribution in [0.25, 0.3) is 0 Å². The number of anilines is 3. The second kappa shape index (κ2) is 3.84. The van der Waals surface area contributed by atoms with E-state index in [0.717, 1.165) is 0 Å². The Kier molecular flexibility index (Phi) is 3.10. The van der Waals surface area contributed by atoms with Gasteiger partial charge in [0.2, 0.25) is 0 Å². The van der Waals surface area contributed by atoms with Gasteiger partial charge < -0.3 is 29.0 Å². The van der Waals surface area contributed by atoms with Crippen LogP contribution in [0, 0.1) is 11.8 Å². The molecule has 0 spiro atoms. The van der Waals surface area contributed by atoms with E-state index in [1.165, 1.54) is 0 Å². The van der Waals surface area contributed by atoms with Crippen molar-refractivity contribution in [2.75, 3.05) is 17.2 Å². The molecule has 0 amide bonds. The van der Waals surface area contributed by atoms with Crippen molar-refractivity contribution in [2.45, 2.75) is 0 Å². The summed E-state index contributed by atoms with van der Waals surface area (Å²) in [6.45, 7) is 4.75. The third-order valence-electron chi connectivity index (χ3n) is 0.726. The van der Waals surface area contributed by atoms with Gasteiger partial charge >= 0.3 is 17.8 Å². The molecule has 1 aromatic rings. The highest BCUT2D eigenvalue weighted by Gasteiger charge is 2.01. The van der Waals surface area contributed by atoms with Gasteiger partial charge in [-0.3, -0.25) is 0 Å². The highest BCUT2D eigenvalue weighted by Crippen LogP contribution is 1.91. The molecule has 0 bridgehead atoms. The van der Waals surface area contributed by atoms with Gasteiger partial charge in [0.1, 0.15) is 0 Å². The number of aromatic nitrogens is 3. The molecule has 0 atom stereocenters. The lowest BCUT2D eigenvalue weighted by atomic mass is 10.9. The van der Waals surface area contributed by atoms with E-state index in [4.69, 9.17) is 29.0 Å². The third kappa shape index (κ3) is 2.81. The van der Waals surface area contributed by atoms with Crippen LogP contribution in [0.4, 0.5) is 17.8 Å². The minimum Gasteiger partial charge on any atom is -0.512 e. The molecule has 0 aliphatic carbocycles. The first-order valence-corrected chi connectivity index (χ1v) is 2.48. The van der Waals surface area contributed by atoms with Crippen molar-refractivity contribution < 1.29 is 4.98 Å². The number of hydrogen-bond donors (Lipinski definition) is 3. The fourth-order valence-electron chi connectivity index (χ4n) is 0.459. The van der Waals surface area contributed by atoms with E-state index in [1.807, 2.05) is 0 Å². The zero-order chi connectivity index (χ0) is 8.85. The van der Waals surface area contributed by atoms with Crippen LogP contribution in [-0.2, 0) is 0 Å². The maximum atomic E-state index is 6.25. The number of nitrogen functional groups attached to an aromatic ring is 3. The summed E-state index contributed by atoms with van der Waals surface area (Å²) in [5.74, 6) is 0.406. The number of nitrogens with one attached hydrogen (secondary N) is 1. The minimum atomic E-state index is 0.0729. The molecule has 0 radical (unpaired) electrons. The van der Waals surface area contributed by atoms with Gasteiger partial charge in [-0.15, -0.1) is 0 Å². The fraction of sp³-hybridized carbons (Fsp3) is 0. The minimum absolute atomic E-state index is 0.0729. The normalized spacial score (nSPS) is 7.82. The summed E-state index contributed by atoms with van der Waals surface area (Å²) in [6, 6.07) is 0. The van der Waals surface area contributed by atoms with Crippen LogP contribution in [0.2, 0.25) is 0 Å². The second-order valence-electron chi connectivity index (χ2n) is 1.48. The topological polar surface area (TPSA) is 142 Å². The maximum absolute atomic E-state index is 6.25. The van der Waals surface area contributed by atoms with Crippen molar-refractivity contribution >= 4 is 17.8 Å². The summed E-state index contributed by atoms with van der Waals surface area (Å²) in [6.07, 6.45) is 0. The Morgan fingerprint density at radius 2 is 1.45 bits per heavy atom. The summed E-state index contributed by atoms with van der Waals surface area (Å²) in [7, 11) is 0. The highest BCUT2D eigenvalue weighted by atomic mass is 15.2. The van der Waals surface area contributed by atoms with Crippen LogP contribution in [-0.4, -0.2) is 9.97 Å². The predicted molar refractivity (Wildman–Crippen MR) is 36.8 cm³/mol. The Morgan fingerprint density at radius 3 is 1.73 bits per heavy atom. The van der Waals surface area contributed by atoms with Crippen molar-refractivity contribution in [3.8, 4) is 0 Å². The zero-order valence-corrected chi connectivity index (χ0v) is 5.57. The maximum Gasteiger partial charge on any atom is 0.320 e. The van der Waals surface area contributed by atoms with Crippen LogP contribution in [0.15, 0.2) is 0 Å². The van der Waals surface area contributed by atoms with Crippen molar-refractivity contribution in [2.24, 2.45) is 0 Å². The Balaban J connectivity index is 0.000000461. The van der Waals surface area contributed by atoms with E-state index in [2.05, 4.69) is 15.0 Å². The first kappa shape index (κ1) is 8.90. The molecule has 0 saturated carbocycles. The summed E-state index contributed by atoms with van der Waals surface area (Å²) in [5.41, 5.74) is 15.5. The van der Waals surface area contributed by atoms with Crippen LogP contribution in [0.5, 0.6) is 0 Å². The van der Waals surface area contributed by atoms with E-state index >= 15 is 0 Å². The molecule has 0 aliphatic heterocycles. The predicted octanol–water partition coefficient (Wildman–Crippen LogP) is -1.87. The molecule has 0 unspecified atom stereocenters. The summed E-state index contributed by atoms with van der Waals surface area (Å²) < 4.78 is 0. The van der Waals surface area contributed by atoms with Gasteiger partial charge in [-0.1, -0.05) is 9.97 Å². The molecule has 0 aromatic carbocycles. The SMILES string of the molecule is Nc1nc(N)[nH+]c(N)n1.[C-]#N. The number of aromatic amines is 1. The molecule has 1 aromatic heterocycles. The molecule has 7 heteroatoms. The summed E-state index contributed by atoms with van der Waals surface area (Å²) in [4.78, 5) is 9.55. The molecule has 1 rings (SSSR count). The average Bonchev–Trinajstić information content (AvgIpc) is 1.88. The van der Waals surface area contributed by atoms with E-state index in [0.29, 0.717) is 0 Å². The van der Waals surface area contributed by atoms with Gasteiger partial charge in [-0.05, 0) is 0 Å². The molecular formula is C4H7N7. The largest absolute Gasteiger partial charge is 0.512 e. The van der Waals surface area contributed by atoms with E-state index in [-0.39, 0.29) is 17.8 Å². The van der Waals surface area contributed by atoms with E-state index in [1.54, 1.807) is 0 Å². The molecule has 1 heterocycles. The number of nitrogens with two attached hydrogens (primary N) is 3. The molecule has 7 N–H and O–H groups in total. The highest BCUT2D eigenvalue weighted by molar-refractivity contribution is 5.25. The standard InChI is InChI=1S/C3H6N6.CN/c4-1-7-2(5)9-3(6)8-1;1-2/h(H6,4,5,6,7,8,9);/q;-1/p+1. The number of rotatable bonds is 0. The Bertz CT molecular complexity index is 203. The van der Waals surface area contributed by atoms with Crippen LogP contribution < -0.4 is 22.2 Å². The lowest BCUT2D eigenvalue weighted by molar-refractivity contribution is -0.350. The Morgan fingerprint density at radius 1 is 1.09 bits per heavy atom. The van der Waals surface area contributed by atoms with Gasteiger partial charge in [0.15, 0.2) is 0 Å². The van der Waals surface area contributed by atoms with Crippen molar-refractivity contribution in [3.63, 3.8) is 0 Å². The van der Waals surface area contributed by atoms with Gasteiger partial charge in [-0.2, -0.15) is 0 Å². The molecule has 7 nitrogen and oxygen atoms in total. The molecule has 58 valence electrons. The van der Waals surface area contributed by atoms with Crippen LogP contribution >= 0.6 is 0 Å². The monoisotopic (exact) mass is 153 g/mol. The Labute approximate surface area is 62.9 Å². The van der Waals surface area contributed by atoms with Gasteiger partial charge in [-0.25, -0.2) is 4.98 Å². The quantitative estimate of drug-likeness (QED) is 0.373. The molecule has 0 aliphatic rings. The van der Waals surface area contributed by atoms with Crippen molar-refractivity contribution in [3.05, 3.63) is 6.57 Å². The molecular weight excluding hydrogens is 146 g/mol. The van der Waals surface area contributed by atoms with Crippen LogP contribution in [0.3, 0.4) is 0 Å². The van der Waals surface area contributed by atoms with Gasteiger partial charge in [0.05, 0.1) is 0 Å². The smallest absolute Gasteiger partial charge is 0.320 e. The third-order valence-corrected chi connectivity index (χ3v) is 0.726. The summed E-state index contributed by atoms with van der Waals surface area (Å²) >= 11 is 0. The van der Waals surface area contributed by atoms with Gasteiger partial charge in [0, 0.05) is 0 Å². The molecule has 0 saturated heterocycles. The van der Waals surface area contributed by atoms with Crippen LogP contribution in [0.1, 0.15) is 0 Å². The van der Waals surface area contributed by atoms with E-state index < -0.39 is 0 Å². The first-order chi connectivity index (χ1) is 5.18. The lowest BCUT2D eigenvalue weighted by Gasteiger charge is -1.87. The number of hydrogen-bond acceptors (Lipinski definition) is 6.